The van der Waals surface area contributed by atoms with Crippen molar-refractivity contribution in [1.82, 2.24) is 15.3 Å². The minimum absolute atomic E-state index is 0.00373. The molecule has 1 aromatic heterocycles. The Kier molecular flexibility index (Phi) is 4.57. The Morgan fingerprint density at radius 3 is 2.67 bits per heavy atom. The molecule has 0 fully saturated rings. The van der Waals surface area contributed by atoms with E-state index in [-0.39, 0.29) is 11.3 Å². The van der Waals surface area contributed by atoms with E-state index in [1.54, 1.807) is 7.11 Å². The number of nitrogens with one attached hydrogen (secondary N) is 2. The third kappa shape index (κ3) is 3.59. The molecular weight excluding hydrogens is 306 g/mol. The molecule has 2 heterocycles. The number of carbonyl (C=O) groups excluding carboxylic acids is 1. The van der Waals surface area contributed by atoms with Gasteiger partial charge < -0.3 is 19.8 Å². The van der Waals surface area contributed by atoms with Gasteiger partial charge in [0.15, 0.2) is 0 Å². The van der Waals surface area contributed by atoms with Crippen LogP contribution >= 0.6 is 0 Å². The molecule has 2 aromatic rings. The number of nitrogens with zero attached hydrogens (tertiary/aromatic N) is 1. The minimum Gasteiger partial charge on any atom is -0.491 e. The Morgan fingerprint density at radius 1 is 1.21 bits per heavy atom. The molecule has 0 aliphatic carbocycles. The molecule has 2 N–H and O–H groups in total. The van der Waals surface area contributed by atoms with E-state index >= 15 is 0 Å². The molecule has 1 aliphatic heterocycles. The normalized spacial score (nSPS) is 16.2. The second-order valence-corrected chi connectivity index (χ2v) is 6.80. The molecule has 0 bridgehead atoms. The molecular formula is C18H23N3O3. The van der Waals surface area contributed by atoms with Crippen molar-refractivity contribution in [3.63, 3.8) is 0 Å². The van der Waals surface area contributed by atoms with Gasteiger partial charge in [0, 0.05) is 24.9 Å². The molecule has 3 rings (SSSR count). The fourth-order valence-corrected chi connectivity index (χ4v) is 2.76. The smallest absolute Gasteiger partial charge is 0.271 e. The minimum atomic E-state index is -0.113. The number of aromatic amines is 1. The van der Waals surface area contributed by atoms with Crippen molar-refractivity contribution >= 4 is 5.91 Å². The van der Waals surface area contributed by atoms with Crippen molar-refractivity contribution in [3.05, 3.63) is 35.7 Å². The van der Waals surface area contributed by atoms with Crippen molar-refractivity contribution in [1.29, 1.82) is 0 Å². The monoisotopic (exact) mass is 329 g/mol. The van der Waals surface area contributed by atoms with Crippen LogP contribution in [0.4, 0.5) is 0 Å². The van der Waals surface area contributed by atoms with E-state index in [1.807, 2.05) is 24.3 Å². The predicted molar refractivity (Wildman–Crippen MR) is 91.2 cm³/mol. The molecule has 1 aromatic carbocycles. The number of aromatic nitrogens is 2. The fraction of sp³-hybridized carbons (Fsp3) is 0.444. The van der Waals surface area contributed by atoms with E-state index in [2.05, 4.69) is 29.1 Å². The Balaban J connectivity index is 1.81. The fourth-order valence-electron chi connectivity index (χ4n) is 2.76. The maximum Gasteiger partial charge on any atom is 0.271 e. The summed E-state index contributed by atoms with van der Waals surface area (Å²) < 4.78 is 10.5. The van der Waals surface area contributed by atoms with Crippen molar-refractivity contribution in [2.75, 3.05) is 26.9 Å². The molecule has 0 atom stereocenters. The lowest BCUT2D eigenvalue weighted by Gasteiger charge is -2.21. The van der Waals surface area contributed by atoms with Gasteiger partial charge >= 0.3 is 0 Å². The molecule has 0 saturated heterocycles. The largest absolute Gasteiger partial charge is 0.491 e. The van der Waals surface area contributed by atoms with Gasteiger partial charge in [-0.3, -0.25) is 4.79 Å². The summed E-state index contributed by atoms with van der Waals surface area (Å²) >= 11 is 0. The SMILES string of the molecule is COCCOc1ccc(-c2nc3c([nH]2)CC(C)(C)CNC3=O)cc1. The number of carbonyl (C=O) groups is 1. The van der Waals surface area contributed by atoms with Gasteiger partial charge in [0.05, 0.1) is 6.61 Å². The zero-order chi connectivity index (χ0) is 17.2. The van der Waals surface area contributed by atoms with E-state index in [4.69, 9.17) is 9.47 Å². The zero-order valence-electron chi connectivity index (χ0n) is 14.3. The summed E-state index contributed by atoms with van der Waals surface area (Å²) in [7, 11) is 1.64. The maximum atomic E-state index is 12.2. The third-order valence-electron chi connectivity index (χ3n) is 4.06. The molecule has 1 amide bonds. The van der Waals surface area contributed by atoms with Gasteiger partial charge in [-0.1, -0.05) is 13.8 Å². The summed E-state index contributed by atoms with van der Waals surface area (Å²) in [5.41, 5.74) is 2.32. The summed E-state index contributed by atoms with van der Waals surface area (Å²) in [6, 6.07) is 7.65. The van der Waals surface area contributed by atoms with Crippen LogP contribution in [0.15, 0.2) is 24.3 Å². The number of methoxy groups -OCH3 is 1. The van der Waals surface area contributed by atoms with Gasteiger partial charge in [0.1, 0.15) is 23.9 Å². The highest BCUT2D eigenvalue weighted by Gasteiger charge is 2.29. The Bertz CT molecular complexity index is 720. The first-order valence-electron chi connectivity index (χ1n) is 8.08. The van der Waals surface area contributed by atoms with Gasteiger partial charge in [0.25, 0.3) is 5.91 Å². The first kappa shape index (κ1) is 16.5. The highest BCUT2D eigenvalue weighted by molar-refractivity contribution is 5.94. The third-order valence-corrected chi connectivity index (χ3v) is 4.06. The van der Waals surface area contributed by atoms with Crippen molar-refractivity contribution in [2.24, 2.45) is 5.41 Å². The standard InChI is InChI=1S/C18H23N3O3/c1-18(2)10-14-15(17(22)19-11-18)21-16(20-14)12-4-6-13(7-5-12)24-9-8-23-3/h4-7H,8-11H2,1-3H3,(H,19,22)(H,20,21). The van der Waals surface area contributed by atoms with E-state index in [9.17, 15) is 4.79 Å². The second-order valence-electron chi connectivity index (χ2n) is 6.80. The van der Waals surface area contributed by atoms with Crippen LogP contribution in [0.3, 0.4) is 0 Å². The van der Waals surface area contributed by atoms with E-state index < -0.39 is 0 Å². The zero-order valence-corrected chi connectivity index (χ0v) is 14.3. The van der Waals surface area contributed by atoms with Crippen LogP contribution in [0, 0.1) is 5.41 Å². The number of hydrogen-bond acceptors (Lipinski definition) is 4. The number of amides is 1. The first-order valence-corrected chi connectivity index (χ1v) is 8.08. The number of rotatable bonds is 5. The Morgan fingerprint density at radius 2 is 1.96 bits per heavy atom. The van der Waals surface area contributed by atoms with Crippen molar-refractivity contribution < 1.29 is 14.3 Å². The number of hydrogen-bond donors (Lipinski definition) is 2. The molecule has 1 aliphatic rings. The lowest BCUT2D eigenvalue weighted by Crippen LogP contribution is -2.32. The van der Waals surface area contributed by atoms with Crippen LogP contribution in [-0.4, -0.2) is 42.7 Å². The highest BCUT2D eigenvalue weighted by Crippen LogP contribution is 2.28. The van der Waals surface area contributed by atoms with Gasteiger partial charge in [-0.05, 0) is 36.1 Å². The van der Waals surface area contributed by atoms with Gasteiger partial charge in [-0.15, -0.1) is 0 Å². The van der Waals surface area contributed by atoms with Crippen LogP contribution in [-0.2, 0) is 11.2 Å². The first-order chi connectivity index (χ1) is 11.5. The summed E-state index contributed by atoms with van der Waals surface area (Å²) in [6.07, 6.45) is 0.784. The quantitative estimate of drug-likeness (QED) is 0.826. The van der Waals surface area contributed by atoms with Gasteiger partial charge in [0.2, 0.25) is 0 Å². The molecule has 6 heteroatoms. The summed E-state index contributed by atoms with van der Waals surface area (Å²) in [6.45, 7) is 5.99. The van der Waals surface area contributed by atoms with Gasteiger partial charge in [-0.25, -0.2) is 4.98 Å². The number of H-pyrrole nitrogens is 1. The van der Waals surface area contributed by atoms with Crippen LogP contribution in [0.25, 0.3) is 11.4 Å². The lowest BCUT2D eigenvalue weighted by molar-refractivity contribution is 0.0940. The average Bonchev–Trinajstić information content (AvgIpc) is 2.92. The molecule has 0 spiro atoms. The number of imidazole rings is 1. The Labute approximate surface area is 141 Å². The molecule has 24 heavy (non-hydrogen) atoms. The second kappa shape index (κ2) is 6.65. The highest BCUT2D eigenvalue weighted by atomic mass is 16.5. The number of benzene rings is 1. The van der Waals surface area contributed by atoms with Crippen molar-refractivity contribution in [2.45, 2.75) is 20.3 Å². The molecule has 128 valence electrons. The predicted octanol–water partition coefficient (Wildman–Crippen LogP) is 2.41. The molecule has 0 unspecified atom stereocenters. The van der Waals surface area contributed by atoms with Crippen molar-refractivity contribution in [3.8, 4) is 17.1 Å². The van der Waals surface area contributed by atoms with Crippen LogP contribution < -0.4 is 10.1 Å². The number of ether oxygens (including phenoxy) is 2. The molecule has 6 nitrogen and oxygen atoms in total. The summed E-state index contributed by atoms with van der Waals surface area (Å²) in [5, 5.41) is 2.94. The van der Waals surface area contributed by atoms with Crippen LogP contribution in [0.2, 0.25) is 0 Å². The summed E-state index contributed by atoms with van der Waals surface area (Å²) in [5.74, 6) is 1.37. The van der Waals surface area contributed by atoms with E-state index in [0.717, 1.165) is 23.4 Å². The topological polar surface area (TPSA) is 76.2 Å². The number of fused-ring (bicyclic) bond motifs is 1. The average molecular weight is 329 g/mol. The van der Waals surface area contributed by atoms with Crippen LogP contribution in [0.1, 0.15) is 30.0 Å². The molecule has 0 saturated carbocycles. The maximum absolute atomic E-state index is 12.2. The lowest BCUT2D eigenvalue weighted by atomic mass is 9.88. The Hall–Kier alpha value is -2.34. The molecule has 0 radical (unpaired) electrons. The van der Waals surface area contributed by atoms with Gasteiger partial charge in [-0.2, -0.15) is 0 Å². The summed E-state index contributed by atoms with van der Waals surface area (Å²) in [4.78, 5) is 20.0. The van der Waals surface area contributed by atoms with E-state index in [0.29, 0.717) is 31.3 Å². The van der Waals surface area contributed by atoms with Crippen LogP contribution in [0.5, 0.6) is 5.75 Å². The van der Waals surface area contributed by atoms with E-state index in [1.165, 1.54) is 0 Å².